The molecule has 3 amide bonds. The van der Waals surface area contributed by atoms with E-state index in [4.69, 9.17) is 0 Å². The van der Waals surface area contributed by atoms with Crippen molar-refractivity contribution in [3.05, 3.63) is 41.6 Å². The molecule has 7 nitrogen and oxygen atoms in total. The van der Waals surface area contributed by atoms with Gasteiger partial charge in [-0.3, -0.25) is 4.79 Å². The lowest BCUT2D eigenvalue weighted by molar-refractivity contribution is -0.116. The summed E-state index contributed by atoms with van der Waals surface area (Å²) >= 11 is 0. The molecular formula is C24H35F2N5O2. The van der Waals surface area contributed by atoms with Crippen molar-refractivity contribution >= 4 is 23.4 Å². The molecule has 0 spiro atoms. The Hall–Kier alpha value is -2.97. The van der Waals surface area contributed by atoms with E-state index >= 15 is 0 Å². The molecule has 9 heteroatoms. The molecule has 1 aromatic heterocycles. The van der Waals surface area contributed by atoms with E-state index in [9.17, 15) is 18.4 Å². The van der Waals surface area contributed by atoms with E-state index in [-0.39, 0.29) is 23.2 Å². The minimum absolute atomic E-state index is 0.149. The zero-order valence-electron chi connectivity index (χ0n) is 20.6. The SMILES string of the molecule is CCCCN(CC(=O)Nc1cc(C(C)(C)C)nn1C(C)(C)C)C(=O)Nc1ccc(F)cc1F. The molecule has 0 unspecified atom stereocenters. The molecule has 0 atom stereocenters. The average Bonchev–Trinajstić information content (AvgIpc) is 3.11. The van der Waals surface area contributed by atoms with Crippen LogP contribution in [0.15, 0.2) is 24.3 Å². The van der Waals surface area contributed by atoms with Crippen molar-refractivity contribution in [2.45, 2.75) is 72.3 Å². The zero-order chi connectivity index (χ0) is 25.0. The number of nitrogens with one attached hydrogen (secondary N) is 2. The van der Waals surface area contributed by atoms with Gasteiger partial charge < -0.3 is 15.5 Å². The first kappa shape index (κ1) is 26.3. The third kappa shape index (κ3) is 7.27. The fourth-order valence-corrected chi connectivity index (χ4v) is 3.09. The summed E-state index contributed by atoms with van der Waals surface area (Å²) in [7, 11) is 0. The number of urea groups is 1. The maximum atomic E-state index is 14.0. The maximum absolute atomic E-state index is 14.0. The summed E-state index contributed by atoms with van der Waals surface area (Å²) in [6.45, 7) is 14.1. The molecule has 2 rings (SSSR count). The Bertz CT molecular complexity index is 990. The van der Waals surface area contributed by atoms with Crippen molar-refractivity contribution < 1.29 is 18.4 Å². The molecule has 1 heterocycles. The summed E-state index contributed by atoms with van der Waals surface area (Å²) in [6.07, 6.45) is 1.47. The Morgan fingerprint density at radius 1 is 1.06 bits per heavy atom. The molecule has 2 aromatic rings. The Morgan fingerprint density at radius 3 is 2.27 bits per heavy atom. The Balaban J connectivity index is 2.20. The second-order valence-electron chi connectivity index (χ2n) is 10.1. The average molecular weight is 464 g/mol. The zero-order valence-corrected chi connectivity index (χ0v) is 20.6. The molecule has 182 valence electrons. The quantitative estimate of drug-likeness (QED) is 0.570. The lowest BCUT2D eigenvalue weighted by Gasteiger charge is -2.25. The predicted octanol–water partition coefficient (Wildman–Crippen LogP) is 5.49. The van der Waals surface area contributed by atoms with Crippen molar-refractivity contribution in [1.29, 1.82) is 0 Å². The number of benzene rings is 1. The van der Waals surface area contributed by atoms with E-state index in [1.807, 2.05) is 54.5 Å². The third-order valence-electron chi connectivity index (χ3n) is 4.96. The largest absolute Gasteiger partial charge is 0.322 e. The van der Waals surface area contributed by atoms with E-state index in [0.717, 1.165) is 24.2 Å². The molecule has 0 aliphatic rings. The predicted molar refractivity (Wildman–Crippen MR) is 126 cm³/mol. The van der Waals surface area contributed by atoms with Crippen LogP contribution in [0.4, 0.5) is 25.1 Å². The van der Waals surface area contributed by atoms with Crippen LogP contribution in [-0.4, -0.2) is 39.7 Å². The number of anilines is 2. The number of rotatable bonds is 7. The number of halogens is 2. The highest BCUT2D eigenvalue weighted by molar-refractivity contribution is 5.96. The highest BCUT2D eigenvalue weighted by Gasteiger charge is 2.26. The smallest absolute Gasteiger partial charge is 0.315 e. The summed E-state index contributed by atoms with van der Waals surface area (Å²) in [5, 5.41) is 9.97. The van der Waals surface area contributed by atoms with Gasteiger partial charge in [-0.1, -0.05) is 34.1 Å². The summed E-state index contributed by atoms with van der Waals surface area (Å²) in [5.74, 6) is -1.48. The van der Waals surface area contributed by atoms with Gasteiger partial charge >= 0.3 is 6.03 Å². The molecule has 1 aromatic carbocycles. The van der Waals surface area contributed by atoms with Gasteiger partial charge in [-0.05, 0) is 39.3 Å². The molecule has 33 heavy (non-hydrogen) atoms. The number of hydrogen-bond donors (Lipinski definition) is 2. The molecule has 0 fully saturated rings. The van der Waals surface area contributed by atoms with Gasteiger partial charge in [-0.2, -0.15) is 5.10 Å². The highest BCUT2D eigenvalue weighted by atomic mass is 19.1. The molecule has 0 radical (unpaired) electrons. The van der Waals surface area contributed by atoms with E-state index in [1.54, 1.807) is 4.68 Å². The summed E-state index contributed by atoms with van der Waals surface area (Å²) in [4.78, 5) is 27.0. The van der Waals surface area contributed by atoms with E-state index in [2.05, 4.69) is 15.7 Å². The Morgan fingerprint density at radius 2 is 1.73 bits per heavy atom. The first-order valence-electron chi connectivity index (χ1n) is 11.1. The number of amides is 3. The monoisotopic (exact) mass is 463 g/mol. The fraction of sp³-hybridized carbons (Fsp3) is 0.542. The van der Waals surface area contributed by atoms with Crippen LogP contribution in [-0.2, 0) is 15.7 Å². The van der Waals surface area contributed by atoms with Crippen molar-refractivity contribution in [2.75, 3.05) is 23.7 Å². The molecule has 0 aliphatic heterocycles. The maximum Gasteiger partial charge on any atom is 0.322 e. The van der Waals surface area contributed by atoms with Crippen molar-refractivity contribution in [3.63, 3.8) is 0 Å². The molecule has 0 aliphatic carbocycles. The summed E-state index contributed by atoms with van der Waals surface area (Å²) < 4.78 is 28.9. The van der Waals surface area contributed by atoms with E-state index in [1.165, 1.54) is 4.90 Å². The number of hydrogen-bond acceptors (Lipinski definition) is 3. The molecule has 0 saturated carbocycles. The van der Waals surface area contributed by atoms with Crippen LogP contribution in [0.3, 0.4) is 0 Å². The van der Waals surface area contributed by atoms with Crippen LogP contribution in [0.1, 0.15) is 67.0 Å². The number of unbranched alkanes of at least 4 members (excludes halogenated alkanes) is 1. The molecule has 0 bridgehead atoms. The minimum Gasteiger partial charge on any atom is -0.315 e. The van der Waals surface area contributed by atoms with Crippen LogP contribution in [0.2, 0.25) is 0 Å². The third-order valence-corrected chi connectivity index (χ3v) is 4.96. The van der Waals surface area contributed by atoms with E-state index < -0.39 is 23.6 Å². The Kier molecular flexibility index (Phi) is 8.21. The highest BCUT2D eigenvalue weighted by Crippen LogP contribution is 2.28. The first-order valence-corrected chi connectivity index (χ1v) is 11.1. The van der Waals surface area contributed by atoms with Crippen LogP contribution < -0.4 is 10.6 Å². The standard InChI is InChI=1S/C24H35F2N5O2/c1-8-9-12-30(22(33)27-18-11-10-16(25)13-17(18)26)15-21(32)28-20-14-19(23(2,3)4)29-31(20)24(5,6)7/h10-11,13-14H,8-9,12,15H2,1-7H3,(H,27,33)(H,28,32). The summed E-state index contributed by atoms with van der Waals surface area (Å²) in [5.41, 5.74) is 0.109. The van der Waals surface area contributed by atoms with Gasteiger partial charge in [0.2, 0.25) is 5.91 Å². The van der Waals surface area contributed by atoms with Crippen LogP contribution >= 0.6 is 0 Å². The van der Waals surface area contributed by atoms with Gasteiger partial charge in [0.1, 0.15) is 24.0 Å². The number of aromatic nitrogens is 2. The lowest BCUT2D eigenvalue weighted by atomic mass is 9.92. The van der Waals surface area contributed by atoms with Crippen molar-refractivity contribution in [1.82, 2.24) is 14.7 Å². The second kappa shape index (κ2) is 10.3. The first-order chi connectivity index (χ1) is 15.2. The van der Waals surface area contributed by atoms with Gasteiger partial charge in [0.05, 0.1) is 16.9 Å². The lowest BCUT2D eigenvalue weighted by Crippen LogP contribution is -2.41. The van der Waals surface area contributed by atoms with Gasteiger partial charge in [0.15, 0.2) is 0 Å². The number of carbonyl (C=O) groups excluding carboxylic acids is 2. The van der Waals surface area contributed by atoms with Crippen LogP contribution in [0.25, 0.3) is 0 Å². The van der Waals surface area contributed by atoms with Gasteiger partial charge in [-0.15, -0.1) is 0 Å². The topological polar surface area (TPSA) is 79.3 Å². The van der Waals surface area contributed by atoms with E-state index in [0.29, 0.717) is 24.8 Å². The normalized spacial score (nSPS) is 11.9. The van der Waals surface area contributed by atoms with Crippen molar-refractivity contribution in [2.24, 2.45) is 0 Å². The minimum atomic E-state index is -0.882. The molecular weight excluding hydrogens is 428 g/mol. The second-order valence-corrected chi connectivity index (χ2v) is 10.1. The van der Waals surface area contributed by atoms with Crippen LogP contribution in [0.5, 0.6) is 0 Å². The number of nitrogens with zero attached hydrogens (tertiary/aromatic N) is 3. The Labute approximate surface area is 194 Å². The molecule has 0 saturated heterocycles. The van der Waals surface area contributed by atoms with Gasteiger partial charge in [0.25, 0.3) is 0 Å². The van der Waals surface area contributed by atoms with Gasteiger partial charge in [-0.25, -0.2) is 18.3 Å². The molecule has 2 N–H and O–H groups in total. The van der Waals surface area contributed by atoms with Crippen LogP contribution in [0, 0.1) is 11.6 Å². The summed E-state index contributed by atoms with van der Waals surface area (Å²) in [6, 6.07) is 4.11. The van der Waals surface area contributed by atoms with Crippen molar-refractivity contribution in [3.8, 4) is 0 Å². The fourth-order valence-electron chi connectivity index (χ4n) is 3.09. The number of carbonyl (C=O) groups is 2. The van der Waals surface area contributed by atoms with Gasteiger partial charge in [0, 0.05) is 24.1 Å².